The number of carbonyl (C=O) groups excluding carboxylic acids is 2. The number of likely N-dealkylation sites (N-methyl/N-ethyl adjacent to an activating group) is 1. The minimum Gasteiger partial charge on any atom is -0.482 e. The van der Waals surface area contributed by atoms with Gasteiger partial charge in [-0.2, -0.15) is 0 Å². The van der Waals surface area contributed by atoms with Gasteiger partial charge in [0.25, 0.3) is 11.8 Å². The average molecular weight is 356 g/mol. The van der Waals surface area contributed by atoms with Crippen LogP contribution >= 0.6 is 11.6 Å². The van der Waals surface area contributed by atoms with Gasteiger partial charge in [0.1, 0.15) is 11.9 Å². The molecule has 0 saturated carbocycles. The van der Waals surface area contributed by atoms with Gasteiger partial charge in [0, 0.05) is 26.3 Å². The van der Waals surface area contributed by atoms with Crippen molar-refractivity contribution in [2.45, 2.75) is 25.0 Å². The summed E-state index contributed by atoms with van der Waals surface area (Å²) in [7, 11) is 3.29. The number of nitrogens with zero attached hydrogens (tertiary/aromatic N) is 1. The Morgan fingerprint density at radius 3 is 2.75 bits per heavy atom. The van der Waals surface area contributed by atoms with E-state index in [4.69, 9.17) is 26.8 Å². The third kappa shape index (κ3) is 4.83. The second kappa shape index (κ2) is 8.32. The first-order valence-electron chi connectivity index (χ1n) is 7.69. The van der Waals surface area contributed by atoms with Gasteiger partial charge in [0.15, 0.2) is 6.61 Å². The number of carbonyl (C=O) groups is 2. The van der Waals surface area contributed by atoms with E-state index in [1.165, 1.54) is 4.90 Å². The quantitative estimate of drug-likeness (QED) is 0.801. The lowest BCUT2D eigenvalue weighted by atomic mass is 10.2. The van der Waals surface area contributed by atoms with Crippen LogP contribution in [0.5, 0.6) is 5.75 Å². The van der Waals surface area contributed by atoms with Crippen molar-refractivity contribution in [3.05, 3.63) is 23.2 Å². The lowest BCUT2D eigenvalue weighted by molar-refractivity contribution is -0.130. The van der Waals surface area contributed by atoms with Crippen LogP contribution in [-0.2, 0) is 14.3 Å². The smallest absolute Gasteiger partial charge is 0.259 e. The molecule has 0 bridgehead atoms. The van der Waals surface area contributed by atoms with Crippen LogP contribution in [0.2, 0.25) is 5.02 Å². The molecular weight excluding hydrogens is 334 g/mol. The topological polar surface area (TPSA) is 93.9 Å². The summed E-state index contributed by atoms with van der Waals surface area (Å²) in [4.78, 5) is 25.1. The second-order valence-electron chi connectivity index (χ2n) is 5.77. The summed E-state index contributed by atoms with van der Waals surface area (Å²) in [5.41, 5.74) is 6.08. The van der Waals surface area contributed by atoms with Gasteiger partial charge >= 0.3 is 0 Å². The first kappa shape index (κ1) is 18.5. The first-order valence-corrected chi connectivity index (χ1v) is 8.07. The van der Waals surface area contributed by atoms with E-state index in [1.807, 2.05) is 0 Å². The van der Waals surface area contributed by atoms with Crippen molar-refractivity contribution in [3.8, 4) is 5.75 Å². The Morgan fingerprint density at radius 1 is 1.42 bits per heavy atom. The minimum atomic E-state index is -0.494. The van der Waals surface area contributed by atoms with Crippen LogP contribution < -0.4 is 15.8 Å². The summed E-state index contributed by atoms with van der Waals surface area (Å²) in [6, 6.07) is 4.85. The van der Waals surface area contributed by atoms with Gasteiger partial charge in [0.05, 0.1) is 11.1 Å². The SMILES string of the molecule is CN(C)C(=O)COc1ccc(NC(=O)[C@@H]2CC[C@H](CN)O2)cc1Cl. The Hall–Kier alpha value is -1.83. The van der Waals surface area contributed by atoms with Gasteiger partial charge in [0.2, 0.25) is 0 Å². The van der Waals surface area contributed by atoms with Crippen molar-refractivity contribution in [2.75, 3.05) is 32.6 Å². The molecule has 2 atom stereocenters. The average Bonchev–Trinajstić information content (AvgIpc) is 3.03. The normalized spacial score (nSPS) is 19.8. The highest BCUT2D eigenvalue weighted by Gasteiger charge is 2.29. The van der Waals surface area contributed by atoms with Crippen LogP contribution in [0.1, 0.15) is 12.8 Å². The molecule has 0 aliphatic carbocycles. The largest absolute Gasteiger partial charge is 0.482 e. The van der Waals surface area contributed by atoms with Crippen molar-refractivity contribution < 1.29 is 19.1 Å². The fourth-order valence-corrected chi connectivity index (χ4v) is 2.49. The summed E-state index contributed by atoms with van der Waals surface area (Å²) in [6.45, 7) is 0.308. The van der Waals surface area contributed by atoms with Crippen LogP contribution in [0.25, 0.3) is 0 Å². The molecule has 132 valence electrons. The van der Waals surface area contributed by atoms with E-state index in [9.17, 15) is 9.59 Å². The zero-order chi connectivity index (χ0) is 17.7. The van der Waals surface area contributed by atoms with Crippen molar-refractivity contribution in [1.82, 2.24) is 4.90 Å². The lowest BCUT2D eigenvalue weighted by Gasteiger charge is -2.14. The molecule has 0 radical (unpaired) electrons. The number of halogens is 1. The molecule has 24 heavy (non-hydrogen) atoms. The third-order valence-electron chi connectivity index (χ3n) is 3.71. The molecule has 3 N–H and O–H groups in total. The van der Waals surface area contributed by atoms with Crippen molar-refractivity contribution >= 4 is 29.1 Å². The number of nitrogens with one attached hydrogen (secondary N) is 1. The molecule has 0 aromatic heterocycles. The number of anilines is 1. The highest BCUT2D eigenvalue weighted by Crippen LogP contribution is 2.28. The molecular formula is C16H22ClN3O4. The van der Waals surface area contributed by atoms with Gasteiger partial charge < -0.3 is 25.4 Å². The maximum absolute atomic E-state index is 12.2. The fraction of sp³-hybridized carbons (Fsp3) is 0.500. The zero-order valence-corrected chi connectivity index (χ0v) is 14.5. The molecule has 1 fully saturated rings. The van der Waals surface area contributed by atoms with E-state index in [0.717, 1.165) is 6.42 Å². The first-order chi connectivity index (χ1) is 11.4. The number of nitrogens with two attached hydrogens (primary N) is 1. The second-order valence-corrected chi connectivity index (χ2v) is 6.18. The van der Waals surface area contributed by atoms with Crippen LogP contribution in [-0.4, -0.2) is 56.2 Å². The van der Waals surface area contributed by atoms with Crippen LogP contribution in [0.15, 0.2) is 18.2 Å². The maximum atomic E-state index is 12.2. The maximum Gasteiger partial charge on any atom is 0.259 e. The number of benzene rings is 1. The van der Waals surface area contributed by atoms with E-state index in [1.54, 1.807) is 32.3 Å². The highest BCUT2D eigenvalue weighted by molar-refractivity contribution is 6.32. The number of rotatable bonds is 6. The number of hydrogen-bond acceptors (Lipinski definition) is 5. The Balaban J connectivity index is 1.92. The molecule has 1 saturated heterocycles. The molecule has 0 unspecified atom stereocenters. The standard InChI is InChI=1S/C16H22ClN3O4/c1-20(2)15(21)9-23-13-5-3-10(7-12(13)17)19-16(22)14-6-4-11(8-18)24-14/h3,5,7,11,14H,4,6,8-9,18H2,1-2H3,(H,19,22)/t11-,14+/m1/s1. The van der Waals surface area contributed by atoms with Gasteiger partial charge in [-0.1, -0.05) is 11.6 Å². The van der Waals surface area contributed by atoms with Gasteiger partial charge in [-0.05, 0) is 31.0 Å². The summed E-state index contributed by atoms with van der Waals surface area (Å²) in [6.07, 6.45) is 0.873. The van der Waals surface area contributed by atoms with Crippen LogP contribution in [0, 0.1) is 0 Å². The van der Waals surface area contributed by atoms with Crippen LogP contribution in [0.3, 0.4) is 0 Å². The van der Waals surface area contributed by atoms with Crippen molar-refractivity contribution in [3.63, 3.8) is 0 Å². The van der Waals surface area contributed by atoms with Gasteiger partial charge in [-0.15, -0.1) is 0 Å². The molecule has 1 aliphatic rings. The summed E-state index contributed by atoms with van der Waals surface area (Å²) >= 11 is 6.13. The Bertz CT molecular complexity index is 609. The van der Waals surface area contributed by atoms with Crippen molar-refractivity contribution in [1.29, 1.82) is 0 Å². The molecule has 2 amide bonds. The predicted molar refractivity (Wildman–Crippen MR) is 91.2 cm³/mol. The number of amides is 2. The zero-order valence-electron chi connectivity index (χ0n) is 13.8. The molecule has 1 heterocycles. The Morgan fingerprint density at radius 2 is 2.17 bits per heavy atom. The summed E-state index contributed by atoms with van der Waals surface area (Å²) < 4.78 is 10.9. The minimum absolute atomic E-state index is 0.0608. The fourth-order valence-electron chi connectivity index (χ4n) is 2.26. The predicted octanol–water partition coefficient (Wildman–Crippen LogP) is 1.25. The monoisotopic (exact) mass is 355 g/mol. The van der Waals surface area contributed by atoms with E-state index in [2.05, 4.69) is 5.32 Å². The molecule has 1 aromatic carbocycles. The summed E-state index contributed by atoms with van der Waals surface area (Å²) in [5.74, 6) is -0.0139. The lowest BCUT2D eigenvalue weighted by Crippen LogP contribution is -2.29. The van der Waals surface area contributed by atoms with Gasteiger partial charge in [-0.25, -0.2) is 0 Å². The third-order valence-corrected chi connectivity index (χ3v) is 4.01. The number of ether oxygens (including phenoxy) is 2. The molecule has 0 spiro atoms. The highest BCUT2D eigenvalue weighted by atomic mass is 35.5. The van der Waals surface area contributed by atoms with E-state index in [0.29, 0.717) is 29.4 Å². The Labute approximate surface area is 146 Å². The van der Waals surface area contributed by atoms with Gasteiger partial charge in [-0.3, -0.25) is 9.59 Å². The molecule has 1 aromatic rings. The van der Waals surface area contributed by atoms with Crippen molar-refractivity contribution in [2.24, 2.45) is 5.73 Å². The Kier molecular flexibility index (Phi) is 6.42. The van der Waals surface area contributed by atoms with Crippen LogP contribution in [0.4, 0.5) is 5.69 Å². The number of hydrogen-bond donors (Lipinski definition) is 2. The van der Waals surface area contributed by atoms with E-state index >= 15 is 0 Å². The molecule has 1 aliphatic heterocycles. The molecule has 7 nitrogen and oxygen atoms in total. The molecule has 2 rings (SSSR count). The molecule has 8 heteroatoms. The van der Waals surface area contributed by atoms with E-state index in [-0.39, 0.29) is 24.5 Å². The summed E-state index contributed by atoms with van der Waals surface area (Å²) in [5, 5.41) is 3.07. The van der Waals surface area contributed by atoms with E-state index < -0.39 is 6.10 Å².